The third kappa shape index (κ3) is 7.45. The quantitative estimate of drug-likeness (QED) is 0.410. The molecule has 39 heavy (non-hydrogen) atoms. The van der Waals surface area contributed by atoms with Gasteiger partial charge in [-0.25, -0.2) is 4.79 Å². The van der Waals surface area contributed by atoms with E-state index >= 15 is 0 Å². The summed E-state index contributed by atoms with van der Waals surface area (Å²) in [6.45, 7) is 4.81. The van der Waals surface area contributed by atoms with E-state index < -0.39 is 17.7 Å². The molecule has 4 rings (SSSR count). The number of carbonyl (C=O) groups is 3. The molecule has 0 aliphatic carbocycles. The van der Waals surface area contributed by atoms with Gasteiger partial charge >= 0.3 is 6.09 Å². The van der Waals surface area contributed by atoms with E-state index in [1.54, 1.807) is 18.7 Å². The van der Waals surface area contributed by atoms with Crippen molar-refractivity contribution >= 4 is 17.9 Å². The second kappa shape index (κ2) is 12.1. The van der Waals surface area contributed by atoms with Crippen LogP contribution in [0.4, 0.5) is 4.79 Å². The van der Waals surface area contributed by atoms with Gasteiger partial charge in [0.25, 0.3) is 0 Å². The second-order valence-electron chi connectivity index (χ2n) is 10.7. The maximum absolute atomic E-state index is 13.6. The van der Waals surface area contributed by atoms with Crippen LogP contribution in [0, 0.1) is 0 Å². The first kappa shape index (κ1) is 27.9. The topological polar surface area (TPSA) is 114 Å². The third-order valence-electron chi connectivity index (χ3n) is 6.73. The smallest absolute Gasteiger partial charge is 0.407 e. The van der Waals surface area contributed by atoms with Crippen molar-refractivity contribution in [2.45, 2.75) is 57.9 Å². The number of carbonyl (C=O) groups excluding carboxylic acids is 3. The zero-order chi connectivity index (χ0) is 28.0. The summed E-state index contributed by atoms with van der Waals surface area (Å²) in [5.41, 5.74) is 11.5. The Kier molecular flexibility index (Phi) is 8.66. The van der Waals surface area contributed by atoms with Gasteiger partial charge in [-0.15, -0.1) is 0 Å². The number of benzene rings is 3. The fourth-order valence-corrected chi connectivity index (χ4v) is 4.83. The van der Waals surface area contributed by atoms with Crippen LogP contribution in [0.2, 0.25) is 0 Å². The van der Waals surface area contributed by atoms with Gasteiger partial charge in [0, 0.05) is 38.0 Å². The predicted molar refractivity (Wildman–Crippen MR) is 150 cm³/mol. The number of ether oxygens (including phenoxy) is 1. The normalized spacial score (nSPS) is 15.2. The summed E-state index contributed by atoms with van der Waals surface area (Å²) >= 11 is 0. The van der Waals surface area contributed by atoms with E-state index in [1.807, 2.05) is 72.8 Å². The SMILES string of the molecule is COC(=O)NCc1ccccc1-c1ccc(CN2Cc3ccccc3C[C@@H](NC(=O)CC(C)(C)N)C2=O)cc1. The molecule has 204 valence electrons. The fourth-order valence-electron chi connectivity index (χ4n) is 4.83. The molecule has 0 saturated heterocycles. The van der Waals surface area contributed by atoms with Crippen molar-refractivity contribution in [1.29, 1.82) is 0 Å². The second-order valence-corrected chi connectivity index (χ2v) is 10.7. The molecule has 1 heterocycles. The summed E-state index contributed by atoms with van der Waals surface area (Å²) in [4.78, 5) is 39.7. The van der Waals surface area contributed by atoms with Crippen LogP contribution in [0.25, 0.3) is 11.1 Å². The minimum Gasteiger partial charge on any atom is -0.453 e. The van der Waals surface area contributed by atoms with E-state index in [0.717, 1.165) is 33.4 Å². The molecule has 4 N–H and O–H groups in total. The Morgan fingerprint density at radius 1 is 1.00 bits per heavy atom. The highest BCUT2D eigenvalue weighted by molar-refractivity contribution is 5.88. The number of methoxy groups -OCH3 is 1. The molecule has 1 aliphatic rings. The van der Waals surface area contributed by atoms with Gasteiger partial charge in [0.15, 0.2) is 0 Å². The molecule has 0 spiro atoms. The maximum Gasteiger partial charge on any atom is 0.407 e. The lowest BCUT2D eigenvalue weighted by Crippen LogP contribution is -2.50. The van der Waals surface area contributed by atoms with Gasteiger partial charge in [-0.1, -0.05) is 72.8 Å². The van der Waals surface area contributed by atoms with Crippen molar-refractivity contribution < 1.29 is 19.1 Å². The number of rotatable bonds is 8. The molecule has 0 fully saturated rings. The first-order valence-electron chi connectivity index (χ1n) is 13.1. The lowest BCUT2D eigenvalue weighted by Gasteiger charge is -2.26. The monoisotopic (exact) mass is 528 g/mol. The molecular weight excluding hydrogens is 492 g/mol. The molecule has 0 bridgehead atoms. The summed E-state index contributed by atoms with van der Waals surface area (Å²) < 4.78 is 4.68. The molecule has 1 atom stereocenters. The molecule has 3 amide bonds. The van der Waals surface area contributed by atoms with Gasteiger partial charge in [0.05, 0.1) is 7.11 Å². The van der Waals surface area contributed by atoms with Crippen LogP contribution in [-0.4, -0.2) is 41.5 Å². The van der Waals surface area contributed by atoms with Crippen molar-refractivity contribution in [1.82, 2.24) is 15.5 Å². The Balaban J connectivity index is 1.53. The van der Waals surface area contributed by atoms with Gasteiger partial charge in [-0.05, 0) is 47.2 Å². The van der Waals surface area contributed by atoms with Crippen molar-refractivity contribution in [3.8, 4) is 11.1 Å². The molecule has 8 heteroatoms. The van der Waals surface area contributed by atoms with Crippen LogP contribution in [0.1, 0.15) is 42.5 Å². The summed E-state index contributed by atoms with van der Waals surface area (Å²) in [5.74, 6) is -0.345. The van der Waals surface area contributed by atoms with E-state index in [-0.39, 0.29) is 18.2 Å². The maximum atomic E-state index is 13.6. The van der Waals surface area contributed by atoms with Crippen LogP contribution in [-0.2, 0) is 40.4 Å². The lowest BCUT2D eigenvalue weighted by atomic mass is 9.98. The van der Waals surface area contributed by atoms with E-state index in [4.69, 9.17) is 5.73 Å². The zero-order valence-electron chi connectivity index (χ0n) is 22.7. The number of fused-ring (bicyclic) bond motifs is 1. The average Bonchev–Trinajstić information content (AvgIpc) is 3.03. The molecule has 3 aromatic rings. The minimum absolute atomic E-state index is 0.113. The van der Waals surface area contributed by atoms with Crippen molar-refractivity contribution in [2.24, 2.45) is 5.73 Å². The Hall–Kier alpha value is -4.17. The van der Waals surface area contributed by atoms with E-state index in [1.165, 1.54) is 7.11 Å². The molecule has 0 saturated carbocycles. The van der Waals surface area contributed by atoms with Crippen molar-refractivity contribution in [2.75, 3.05) is 7.11 Å². The molecule has 1 aliphatic heterocycles. The largest absolute Gasteiger partial charge is 0.453 e. The van der Waals surface area contributed by atoms with Crippen LogP contribution < -0.4 is 16.4 Å². The number of amides is 3. The third-order valence-corrected chi connectivity index (χ3v) is 6.73. The zero-order valence-corrected chi connectivity index (χ0v) is 22.7. The summed E-state index contributed by atoms with van der Waals surface area (Å²) in [6, 6.07) is 23.2. The van der Waals surface area contributed by atoms with Gasteiger partial charge in [-0.3, -0.25) is 9.59 Å². The number of hydrogen-bond acceptors (Lipinski definition) is 5. The number of nitrogens with two attached hydrogens (primary N) is 1. The number of hydrogen-bond donors (Lipinski definition) is 3. The number of nitrogens with one attached hydrogen (secondary N) is 2. The minimum atomic E-state index is -0.662. The molecular formula is C31H36N4O4. The van der Waals surface area contributed by atoms with Crippen molar-refractivity contribution in [3.05, 3.63) is 95.1 Å². The predicted octanol–water partition coefficient (Wildman–Crippen LogP) is 3.91. The molecule has 8 nitrogen and oxygen atoms in total. The van der Waals surface area contributed by atoms with E-state index in [0.29, 0.717) is 26.1 Å². The Morgan fingerprint density at radius 2 is 1.67 bits per heavy atom. The van der Waals surface area contributed by atoms with Crippen LogP contribution in [0.3, 0.4) is 0 Å². The van der Waals surface area contributed by atoms with Crippen LogP contribution in [0.5, 0.6) is 0 Å². The Bertz CT molecular complexity index is 1330. The summed E-state index contributed by atoms with van der Waals surface area (Å²) in [6.07, 6.45) is 0.0961. The lowest BCUT2D eigenvalue weighted by molar-refractivity contribution is -0.137. The first-order chi connectivity index (χ1) is 18.6. The molecule has 0 radical (unpaired) electrons. The van der Waals surface area contributed by atoms with Gasteiger partial charge in [0.1, 0.15) is 6.04 Å². The van der Waals surface area contributed by atoms with Gasteiger partial charge < -0.3 is 26.0 Å². The highest BCUT2D eigenvalue weighted by Gasteiger charge is 2.31. The van der Waals surface area contributed by atoms with E-state index in [2.05, 4.69) is 15.4 Å². The fraction of sp³-hybridized carbons (Fsp3) is 0.323. The van der Waals surface area contributed by atoms with Gasteiger partial charge in [0.2, 0.25) is 11.8 Å². The highest BCUT2D eigenvalue weighted by atomic mass is 16.5. The summed E-state index contributed by atoms with van der Waals surface area (Å²) in [7, 11) is 1.34. The van der Waals surface area contributed by atoms with Crippen molar-refractivity contribution in [3.63, 3.8) is 0 Å². The number of alkyl carbamates (subject to hydrolysis) is 1. The molecule has 0 unspecified atom stereocenters. The highest BCUT2D eigenvalue weighted by Crippen LogP contribution is 2.26. The standard InChI is InChI=1S/C31H36N4O4/c1-31(2,32)17-28(36)34-27-16-23-8-4-5-10-25(23)20-35(29(27)37)19-21-12-14-22(15-13-21)26-11-7-6-9-24(26)18-33-30(38)39-3/h4-15,27H,16-20,32H2,1-3H3,(H,33,38)(H,34,36)/t27-/m1/s1. The van der Waals surface area contributed by atoms with E-state index in [9.17, 15) is 14.4 Å². The van der Waals surface area contributed by atoms with Gasteiger partial charge in [-0.2, -0.15) is 0 Å². The summed E-state index contributed by atoms with van der Waals surface area (Å²) in [5, 5.41) is 5.66. The van der Waals surface area contributed by atoms with Crippen LogP contribution >= 0.6 is 0 Å². The van der Waals surface area contributed by atoms with Crippen LogP contribution in [0.15, 0.2) is 72.8 Å². The Labute approximate surface area is 229 Å². The Morgan fingerprint density at radius 3 is 2.36 bits per heavy atom. The molecule has 3 aromatic carbocycles. The average molecular weight is 529 g/mol. The number of nitrogens with zero attached hydrogens (tertiary/aromatic N) is 1. The first-order valence-corrected chi connectivity index (χ1v) is 13.1. The molecule has 0 aromatic heterocycles.